The second-order valence-corrected chi connectivity index (χ2v) is 6.07. The number of hydrogen-bond donors (Lipinski definition) is 0. The predicted molar refractivity (Wildman–Crippen MR) is 98.9 cm³/mol. The Morgan fingerprint density at radius 3 is 2.69 bits per heavy atom. The van der Waals surface area contributed by atoms with Gasteiger partial charge in [-0.3, -0.25) is 9.78 Å². The minimum Gasteiger partial charge on any atom is -0.339 e. The average molecular weight is 343 g/mol. The number of nitrogens with zero attached hydrogens (tertiary/aromatic N) is 3. The summed E-state index contributed by atoms with van der Waals surface area (Å²) >= 11 is 0. The highest BCUT2D eigenvalue weighted by atomic mass is 16.5. The van der Waals surface area contributed by atoms with E-state index in [4.69, 9.17) is 4.52 Å². The van der Waals surface area contributed by atoms with Crippen molar-refractivity contribution in [1.29, 1.82) is 0 Å². The number of carbonyl (C=O) groups excluding carboxylic acids is 1. The third-order valence-electron chi connectivity index (χ3n) is 4.34. The summed E-state index contributed by atoms with van der Waals surface area (Å²) in [7, 11) is 0. The molecule has 2 heterocycles. The van der Waals surface area contributed by atoms with E-state index >= 15 is 0 Å². The average Bonchev–Trinajstić information content (AvgIpc) is 3.16. The van der Waals surface area contributed by atoms with Crippen LogP contribution in [-0.4, -0.2) is 21.4 Å². The van der Waals surface area contributed by atoms with Crippen LogP contribution in [0.4, 0.5) is 0 Å². The summed E-state index contributed by atoms with van der Waals surface area (Å²) in [6.45, 7) is 0. The molecule has 5 heteroatoms. The van der Waals surface area contributed by atoms with Crippen LogP contribution in [0, 0.1) is 0 Å². The number of aryl methyl sites for hydroxylation is 2. The third kappa shape index (κ3) is 3.24. The van der Waals surface area contributed by atoms with E-state index < -0.39 is 0 Å². The molecule has 0 radical (unpaired) electrons. The zero-order chi connectivity index (χ0) is 17.8. The summed E-state index contributed by atoms with van der Waals surface area (Å²) in [6, 6.07) is 17.7. The molecule has 2 aromatic heterocycles. The van der Waals surface area contributed by atoms with Crippen LogP contribution in [0.3, 0.4) is 0 Å². The van der Waals surface area contributed by atoms with Gasteiger partial charge in [0.2, 0.25) is 11.7 Å². The topological polar surface area (TPSA) is 68.9 Å². The minimum atomic E-state index is 0.523. The molecule has 0 atom stereocenters. The van der Waals surface area contributed by atoms with Gasteiger partial charge >= 0.3 is 0 Å². The summed E-state index contributed by atoms with van der Waals surface area (Å²) in [5.41, 5.74) is 3.32. The quantitative estimate of drug-likeness (QED) is 0.489. The Morgan fingerprint density at radius 1 is 0.962 bits per heavy atom. The maximum Gasteiger partial charge on any atom is 0.226 e. The van der Waals surface area contributed by atoms with E-state index in [1.165, 1.54) is 5.56 Å². The monoisotopic (exact) mass is 343 g/mol. The van der Waals surface area contributed by atoms with E-state index in [0.717, 1.165) is 36.5 Å². The van der Waals surface area contributed by atoms with Crippen LogP contribution >= 0.6 is 0 Å². The molecule has 0 spiro atoms. The Hall–Kier alpha value is -3.34. The Bertz CT molecular complexity index is 1040. The van der Waals surface area contributed by atoms with Crippen LogP contribution in [0.2, 0.25) is 0 Å². The van der Waals surface area contributed by atoms with E-state index in [1.807, 2.05) is 36.4 Å². The summed E-state index contributed by atoms with van der Waals surface area (Å²) in [5.74, 6) is 1.14. The molecular weight excluding hydrogens is 326 g/mol. The summed E-state index contributed by atoms with van der Waals surface area (Å²) < 4.78 is 5.41. The van der Waals surface area contributed by atoms with Crippen LogP contribution in [0.25, 0.3) is 22.3 Å². The maximum absolute atomic E-state index is 11.2. The van der Waals surface area contributed by atoms with Crippen molar-refractivity contribution in [2.24, 2.45) is 0 Å². The highest BCUT2D eigenvalue weighted by Gasteiger charge is 2.14. The van der Waals surface area contributed by atoms with E-state index in [2.05, 4.69) is 27.3 Å². The Labute approximate surface area is 150 Å². The van der Waals surface area contributed by atoms with Crippen molar-refractivity contribution in [2.75, 3.05) is 0 Å². The number of benzene rings is 2. The summed E-state index contributed by atoms with van der Waals surface area (Å²) in [5, 5.41) is 4.96. The lowest BCUT2D eigenvalue weighted by Crippen LogP contribution is -1.92. The first-order chi connectivity index (χ1) is 12.8. The van der Waals surface area contributed by atoms with E-state index in [9.17, 15) is 4.79 Å². The van der Waals surface area contributed by atoms with Gasteiger partial charge in [-0.05, 0) is 36.6 Å². The fourth-order valence-corrected chi connectivity index (χ4v) is 3.04. The van der Waals surface area contributed by atoms with Gasteiger partial charge in [0.15, 0.2) is 6.29 Å². The van der Waals surface area contributed by atoms with Crippen LogP contribution in [-0.2, 0) is 12.8 Å². The first kappa shape index (κ1) is 16.1. The second-order valence-electron chi connectivity index (χ2n) is 6.07. The van der Waals surface area contributed by atoms with Crippen molar-refractivity contribution in [3.63, 3.8) is 0 Å². The molecule has 0 aliphatic heterocycles. The van der Waals surface area contributed by atoms with Crippen molar-refractivity contribution in [1.82, 2.24) is 15.1 Å². The Morgan fingerprint density at radius 2 is 1.85 bits per heavy atom. The molecule has 0 aliphatic carbocycles. The Balaban J connectivity index is 1.55. The lowest BCUT2D eigenvalue weighted by Gasteiger charge is -2.03. The highest BCUT2D eigenvalue weighted by molar-refractivity contribution is 6.02. The van der Waals surface area contributed by atoms with Gasteiger partial charge in [0.25, 0.3) is 0 Å². The Kier molecular flexibility index (Phi) is 4.51. The number of hydrogen-bond acceptors (Lipinski definition) is 5. The number of pyridine rings is 1. The fourth-order valence-electron chi connectivity index (χ4n) is 3.04. The number of aldehydes is 1. The van der Waals surface area contributed by atoms with Crippen LogP contribution in [0.1, 0.15) is 28.2 Å². The van der Waals surface area contributed by atoms with E-state index in [0.29, 0.717) is 22.8 Å². The van der Waals surface area contributed by atoms with Gasteiger partial charge in [-0.1, -0.05) is 41.6 Å². The summed E-state index contributed by atoms with van der Waals surface area (Å²) in [4.78, 5) is 20.1. The molecule has 5 nitrogen and oxygen atoms in total. The number of aromatic nitrogens is 3. The molecule has 0 N–H and O–H groups in total. The zero-order valence-corrected chi connectivity index (χ0v) is 14.1. The second kappa shape index (κ2) is 7.27. The van der Waals surface area contributed by atoms with Crippen LogP contribution in [0.15, 0.2) is 65.3 Å². The highest BCUT2D eigenvalue weighted by Crippen LogP contribution is 2.27. The number of carbonyl (C=O) groups is 1. The molecule has 0 saturated carbocycles. The molecule has 0 fully saturated rings. The smallest absolute Gasteiger partial charge is 0.226 e. The molecule has 4 rings (SSSR count). The predicted octanol–water partition coefficient (Wildman–Crippen LogP) is 4.27. The van der Waals surface area contributed by atoms with Crippen molar-refractivity contribution in [3.05, 3.63) is 77.8 Å². The SMILES string of the molecule is O=Cc1ccc(-c2noc(CCCc3ccccc3)n2)c2cccnc12. The first-order valence-electron chi connectivity index (χ1n) is 8.55. The normalized spacial score (nSPS) is 10.9. The molecule has 0 amide bonds. The van der Waals surface area contributed by atoms with Crippen molar-refractivity contribution in [2.45, 2.75) is 19.3 Å². The van der Waals surface area contributed by atoms with Crippen molar-refractivity contribution in [3.8, 4) is 11.4 Å². The van der Waals surface area contributed by atoms with Gasteiger partial charge < -0.3 is 4.52 Å². The van der Waals surface area contributed by atoms with Gasteiger partial charge in [0.05, 0.1) is 5.52 Å². The van der Waals surface area contributed by atoms with Gasteiger partial charge in [-0.15, -0.1) is 0 Å². The van der Waals surface area contributed by atoms with Gasteiger partial charge in [-0.2, -0.15) is 4.98 Å². The van der Waals surface area contributed by atoms with Crippen molar-refractivity contribution >= 4 is 17.2 Å². The van der Waals surface area contributed by atoms with Gasteiger partial charge in [-0.25, -0.2) is 0 Å². The van der Waals surface area contributed by atoms with E-state index in [1.54, 1.807) is 12.3 Å². The standard InChI is InChI=1S/C21H17N3O2/c25-14-16-11-12-18(17-9-5-13-22-20(16)17)21-23-19(26-24-21)10-4-8-15-6-2-1-3-7-15/h1-3,5-7,9,11-14H,4,8,10H2. The number of rotatable bonds is 6. The molecule has 128 valence electrons. The van der Waals surface area contributed by atoms with E-state index in [-0.39, 0.29) is 0 Å². The lowest BCUT2D eigenvalue weighted by molar-refractivity contribution is 0.112. The third-order valence-corrected chi connectivity index (χ3v) is 4.34. The lowest BCUT2D eigenvalue weighted by atomic mass is 10.0. The van der Waals surface area contributed by atoms with Crippen LogP contribution < -0.4 is 0 Å². The zero-order valence-electron chi connectivity index (χ0n) is 14.1. The van der Waals surface area contributed by atoms with Crippen molar-refractivity contribution < 1.29 is 9.32 Å². The molecule has 0 unspecified atom stereocenters. The van der Waals surface area contributed by atoms with Crippen LogP contribution in [0.5, 0.6) is 0 Å². The first-order valence-corrected chi connectivity index (χ1v) is 8.55. The number of fused-ring (bicyclic) bond motifs is 1. The molecular formula is C21H17N3O2. The molecule has 2 aromatic carbocycles. The molecule has 4 aromatic rings. The molecule has 26 heavy (non-hydrogen) atoms. The largest absolute Gasteiger partial charge is 0.339 e. The maximum atomic E-state index is 11.2. The van der Waals surface area contributed by atoms with Gasteiger partial charge in [0, 0.05) is 29.1 Å². The molecule has 0 saturated heterocycles. The summed E-state index contributed by atoms with van der Waals surface area (Å²) in [6.07, 6.45) is 5.12. The molecule has 0 aliphatic rings. The fraction of sp³-hybridized carbons (Fsp3) is 0.143. The minimum absolute atomic E-state index is 0.523. The molecule has 0 bridgehead atoms. The van der Waals surface area contributed by atoms with Gasteiger partial charge in [0.1, 0.15) is 0 Å².